The van der Waals surface area contributed by atoms with Gasteiger partial charge in [0, 0.05) is 22.5 Å². The zero-order chi connectivity index (χ0) is 15.4. The standard InChI is InChI=1S/C15H20FN3S2/c1-3-4-12-9(2)14(18)15(21-12)11(7-17)19-8-10-5-6-13(16)20-10/h5-7,19H,3-4,8,17-18H2,1-2H3/b11-7+. The average molecular weight is 325 g/mol. The van der Waals surface area contributed by atoms with E-state index < -0.39 is 0 Å². The van der Waals surface area contributed by atoms with Crippen molar-refractivity contribution in [3.05, 3.63) is 43.7 Å². The predicted octanol–water partition coefficient (Wildman–Crippen LogP) is 3.84. The number of nitrogen functional groups attached to an aromatic ring is 1. The lowest BCUT2D eigenvalue weighted by Crippen LogP contribution is -2.12. The SMILES string of the molecule is CCCc1sc(/C(=C\N)NCc2ccc(F)s2)c(N)c1C. The van der Waals surface area contributed by atoms with E-state index in [9.17, 15) is 4.39 Å². The second kappa shape index (κ2) is 6.95. The first-order valence-electron chi connectivity index (χ1n) is 6.84. The molecule has 0 aliphatic carbocycles. The molecule has 21 heavy (non-hydrogen) atoms. The van der Waals surface area contributed by atoms with Crippen molar-refractivity contribution in [3.63, 3.8) is 0 Å². The van der Waals surface area contributed by atoms with Gasteiger partial charge in [0.2, 0.25) is 0 Å². The van der Waals surface area contributed by atoms with Crippen molar-refractivity contribution >= 4 is 34.1 Å². The predicted molar refractivity (Wildman–Crippen MR) is 90.7 cm³/mol. The maximum absolute atomic E-state index is 13.0. The lowest BCUT2D eigenvalue weighted by atomic mass is 10.1. The van der Waals surface area contributed by atoms with Gasteiger partial charge in [0.1, 0.15) is 0 Å². The molecular weight excluding hydrogens is 305 g/mol. The molecule has 6 heteroatoms. The fourth-order valence-corrected chi connectivity index (χ4v) is 4.08. The number of thiophene rings is 2. The van der Waals surface area contributed by atoms with Crippen molar-refractivity contribution in [1.29, 1.82) is 0 Å². The number of aryl methyl sites for hydroxylation is 1. The van der Waals surface area contributed by atoms with Crippen LogP contribution in [0.1, 0.15) is 33.5 Å². The first-order valence-corrected chi connectivity index (χ1v) is 8.48. The number of nitrogens with two attached hydrogens (primary N) is 2. The third kappa shape index (κ3) is 3.57. The number of anilines is 1. The van der Waals surface area contributed by atoms with E-state index in [1.165, 1.54) is 17.1 Å². The quantitative estimate of drug-likeness (QED) is 0.756. The summed E-state index contributed by atoms with van der Waals surface area (Å²) in [6.07, 6.45) is 3.64. The zero-order valence-corrected chi connectivity index (χ0v) is 13.8. The second-order valence-corrected chi connectivity index (χ2v) is 7.01. The molecule has 0 bridgehead atoms. The zero-order valence-electron chi connectivity index (χ0n) is 12.2. The van der Waals surface area contributed by atoms with Gasteiger partial charge in [0.05, 0.1) is 16.3 Å². The van der Waals surface area contributed by atoms with Crippen molar-refractivity contribution in [2.45, 2.75) is 33.2 Å². The van der Waals surface area contributed by atoms with Gasteiger partial charge in [-0.3, -0.25) is 0 Å². The lowest BCUT2D eigenvalue weighted by molar-refractivity contribution is 0.657. The van der Waals surface area contributed by atoms with Crippen molar-refractivity contribution < 1.29 is 4.39 Å². The summed E-state index contributed by atoms with van der Waals surface area (Å²) in [5, 5.41) is 3.07. The number of hydrogen-bond acceptors (Lipinski definition) is 5. The highest BCUT2D eigenvalue weighted by Crippen LogP contribution is 2.35. The van der Waals surface area contributed by atoms with Crippen LogP contribution in [0.25, 0.3) is 5.70 Å². The summed E-state index contributed by atoms with van der Waals surface area (Å²) in [6.45, 7) is 4.73. The maximum Gasteiger partial charge on any atom is 0.176 e. The van der Waals surface area contributed by atoms with Gasteiger partial charge in [0.15, 0.2) is 5.13 Å². The Bertz CT molecular complexity index is 643. The van der Waals surface area contributed by atoms with Crippen LogP contribution in [0.2, 0.25) is 0 Å². The molecule has 0 saturated carbocycles. The van der Waals surface area contributed by atoms with Crippen molar-refractivity contribution in [1.82, 2.24) is 5.32 Å². The van der Waals surface area contributed by atoms with Gasteiger partial charge in [-0.05, 0) is 31.0 Å². The van der Waals surface area contributed by atoms with Crippen LogP contribution in [0.3, 0.4) is 0 Å². The Hall–Kier alpha value is -1.53. The summed E-state index contributed by atoms with van der Waals surface area (Å²) in [5.41, 5.74) is 14.7. The minimum Gasteiger partial charge on any atom is -0.403 e. The van der Waals surface area contributed by atoms with E-state index in [0.717, 1.165) is 50.9 Å². The molecule has 0 aliphatic heterocycles. The molecule has 0 saturated heterocycles. The number of rotatable bonds is 6. The summed E-state index contributed by atoms with van der Waals surface area (Å²) in [7, 11) is 0. The molecule has 2 aromatic heterocycles. The molecule has 2 heterocycles. The second-order valence-electron chi connectivity index (χ2n) is 4.78. The summed E-state index contributed by atoms with van der Waals surface area (Å²) >= 11 is 2.81. The highest BCUT2D eigenvalue weighted by atomic mass is 32.1. The smallest absolute Gasteiger partial charge is 0.176 e. The Morgan fingerprint density at radius 2 is 2.14 bits per heavy atom. The van der Waals surface area contributed by atoms with E-state index in [1.54, 1.807) is 17.4 Å². The molecule has 3 nitrogen and oxygen atoms in total. The molecule has 0 spiro atoms. The molecule has 2 rings (SSSR count). The Morgan fingerprint density at radius 1 is 1.38 bits per heavy atom. The lowest BCUT2D eigenvalue weighted by Gasteiger charge is -2.08. The number of nitrogens with one attached hydrogen (secondary N) is 1. The summed E-state index contributed by atoms with van der Waals surface area (Å²) in [6, 6.07) is 3.24. The fourth-order valence-electron chi connectivity index (χ4n) is 2.08. The Balaban J connectivity index is 2.16. The molecule has 114 valence electrons. The monoisotopic (exact) mass is 325 g/mol. The van der Waals surface area contributed by atoms with Crippen molar-refractivity contribution in [3.8, 4) is 0 Å². The molecule has 0 fully saturated rings. The van der Waals surface area contributed by atoms with Crippen LogP contribution < -0.4 is 16.8 Å². The van der Waals surface area contributed by atoms with Crippen LogP contribution >= 0.6 is 22.7 Å². The molecule has 0 amide bonds. The van der Waals surface area contributed by atoms with Gasteiger partial charge in [0.25, 0.3) is 0 Å². The van der Waals surface area contributed by atoms with Crippen LogP contribution in [0, 0.1) is 12.1 Å². The molecule has 5 N–H and O–H groups in total. The first kappa shape index (κ1) is 15.9. The van der Waals surface area contributed by atoms with Crippen LogP contribution in [0.15, 0.2) is 18.3 Å². The number of halogens is 1. The van der Waals surface area contributed by atoms with Crippen molar-refractivity contribution in [2.24, 2.45) is 5.73 Å². The highest BCUT2D eigenvalue weighted by Gasteiger charge is 2.15. The first-order chi connectivity index (χ1) is 10.1. The summed E-state index contributed by atoms with van der Waals surface area (Å²) in [4.78, 5) is 3.19. The van der Waals surface area contributed by atoms with Crippen LogP contribution in [0.5, 0.6) is 0 Å². The van der Waals surface area contributed by atoms with Gasteiger partial charge in [-0.1, -0.05) is 13.3 Å². The molecule has 2 aromatic rings. The molecular formula is C15H20FN3S2. The van der Waals surface area contributed by atoms with Gasteiger partial charge >= 0.3 is 0 Å². The molecule has 0 radical (unpaired) electrons. The molecule has 0 atom stereocenters. The normalized spacial score (nSPS) is 11.9. The van der Waals surface area contributed by atoms with Crippen LogP contribution in [0.4, 0.5) is 10.1 Å². The maximum atomic E-state index is 13.0. The van der Waals surface area contributed by atoms with Crippen LogP contribution in [-0.4, -0.2) is 0 Å². The minimum atomic E-state index is -0.179. The molecule has 0 unspecified atom stereocenters. The van der Waals surface area contributed by atoms with Gasteiger partial charge in [-0.25, -0.2) is 0 Å². The third-order valence-electron chi connectivity index (χ3n) is 3.26. The fraction of sp³-hybridized carbons (Fsp3) is 0.333. The Kier molecular flexibility index (Phi) is 5.25. The van der Waals surface area contributed by atoms with E-state index in [-0.39, 0.29) is 5.13 Å². The highest BCUT2D eigenvalue weighted by molar-refractivity contribution is 7.14. The largest absolute Gasteiger partial charge is 0.403 e. The van der Waals surface area contributed by atoms with Gasteiger partial charge < -0.3 is 16.8 Å². The summed E-state index contributed by atoms with van der Waals surface area (Å²) in [5.74, 6) is 0. The van der Waals surface area contributed by atoms with E-state index in [0.29, 0.717) is 6.54 Å². The third-order valence-corrected chi connectivity index (χ3v) is 5.54. The van der Waals surface area contributed by atoms with E-state index >= 15 is 0 Å². The summed E-state index contributed by atoms with van der Waals surface area (Å²) < 4.78 is 13.0. The molecule has 0 aliphatic rings. The Morgan fingerprint density at radius 3 is 2.71 bits per heavy atom. The van der Waals surface area contributed by atoms with Crippen molar-refractivity contribution in [2.75, 3.05) is 5.73 Å². The molecule has 0 aromatic carbocycles. The Labute approximate surface area is 132 Å². The minimum absolute atomic E-state index is 0.179. The topological polar surface area (TPSA) is 64.1 Å². The average Bonchev–Trinajstić information content (AvgIpc) is 3.00. The van der Waals surface area contributed by atoms with Crippen LogP contribution in [-0.2, 0) is 13.0 Å². The van der Waals surface area contributed by atoms with Gasteiger partial charge in [-0.2, -0.15) is 4.39 Å². The van der Waals surface area contributed by atoms with E-state index in [4.69, 9.17) is 11.5 Å². The van der Waals surface area contributed by atoms with Gasteiger partial charge in [-0.15, -0.1) is 22.7 Å². The number of hydrogen-bond donors (Lipinski definition) is 3. The van der Waals surface area contributed by atoms with E-state index in [1.807, 2.05) is 6.92 Å². The van der Waals surface area contributed by atoms with E-state index in [2.05, 4.69) is 12.2 Å².